The molecule has 0 unspecified atom stereocenters. The summed E-state index contributed by atoms with van der Waals surface area (Å²) >= 11 is 5.80. The lowest BCUT2D eigenvalue weighted by Gasteiger charge is -2.30. The number of rotatable bonds is 7. The SMILES string of the molecule is Cc1ccc([N+](=O)[O-])cc1S(=O)(=O)N1CCC(C(=O)NCC(=O)Nc2ccc(Cl)cc2)CC1. The van der Waals surface area contributed by atoms with Gasteiger partial charge in [-0.05, 0) is 49.6 Å². The second kappa shape index (κ2) is 10.3. The van der Waals surface area contributed by atoms with Crippen molar-refractivity contribution in [3.8, 4) is 0 Å². The highest BCUT2D eigenvalue weighted by atomic mass is 35.5. The van der Waals surface area contributed by atoms with E-state index in [1.165, 1.54) is 16.4 Å². The van der Waals surface area contributed by atoms with Crippen LogP contribution in [-0.4, -0.2) is 49.1 Å². The number of nitro groups is 1. The molecule has 1 aliphatic rings. The molecule has 0 spiro atoms. The van der Waals surface area contributed by atoms with Gasteiger partial charge in [-0.2, -0.15) is 4.31 Å². The first kappa shape index (κ1) is 24.6. The highest BCUT2D eigenvalue weighted by molar-refractivity contribution is 7.89. The Kier molecular flexibility index (Phi) is 7.67. The first-order valence-electron chi connectivity index (χ1n) is 10.2. The molecule has 2 amide bonds. The van der Waals surface area contributed by atoms with Crippen LogP contribution in [0.5, 0.6) is 0 Å². The molecule has 2 aromatic carbocycles. The van der Waals surface area contributed by atoms with Crippen LogP contribution in [0.15, 0.2) is 47.4 Å². The number of amides is 2. The molecule has 2 N–H and O–H groups in total. The van der Waals surface area contributed by atoms with Gasteiger partial charge in [0.15, 0.2) is 0 Å². The van der Waals surface area contributed by atoms with E-state index in [0.29, 0.717) is 16.3 Å². The third-order valence-electron chi connectivity index (χ3n) is 5.38. The molecule has 10 nitrogen and oxygen atoms in total. The van der Waals surface area contributed by atoms with Gasteiger partial charge in [0.1, 0.15) is 0 Å². The van der Waals surface area contributed by atoms with E-state index in [0.717, 1.165) is 6.07 Å². The zero-order valence-corrected chi connectivity index (χ0v) is 19.4. The molecule has 33 heavy (non-hydrogen) atoms. The molecule has 1 aliphatic heterocycles. The van der Waals surface area contributed by atoms with Crippen molar-refractivity contribution in [2.24, 2.45) is 5.92 Å². The minimum Gasteiger partial charge on any atom is -0.347 e. The molecule has 1 saturated heterocycles. The molecule has 12 heteroatoms. The quantitative estimate of drug-likeness (QED) is 0.448. The van der Waals surface area contributed by atoms with Gasteiger partial charge in [-0.3, -0.25) is 19.7 Å². The van der Waals surface area contributed by atoms with Gasteiger partial charge in [-0.15, -0.1) is 0 Å². The van der Waals surface area contributed by atoms with E-state index >= 15 is 0 Å². The lowest BCUT2D eigenvalue weighted by molar-refractivity contribution is -0.385. The van der Waals surface area contributed by atoms with Gasteiger partial charge in [0.25, 0.3) is 5.69 Å². The summed E-state index contributed by atoms with van der Waals surface area (Å²) in [5.74, 6) is -1.16. The number of non-ortho nitro benzene ring substituents is 1. The Morgan fingerprint density at radius 3 is 2.39 bits per heavy atom. The number of benzene rings is 2. The van der Waals surface area contributed by atoms with Crippen molar-refractivity contribution in [2.45, 2.75) is 24.7 Å². The van der Waals surface area contributed by atoms with E-state index in [-0.39, 0.29) is 49.0 Å². The largest absolute Gasteiger partial charge is 0.347 e. The molecule has 1 heterocycles. The molecule has 0 atom stereocenters. The van der Waals surface area contributed by atoms with E-state index in [9.17, 15) is 28.1 Å². The number of hydrogen-bond donors (Lipinski definition) is 2. The fraction of sp³-hybridized carbons (Fsp3) is 0.333. The van der Waals surface area contributed by atoms with Gasteiger partial charge in [0.2, 0.25) is 21.8 Å². The number of carbonyl (C=O) groups excluding carboxylic acids is 2. The maximum Gasteiger partial charge on any atom is 0.270 e. The van der Waals surface area contributed by atoms with Crippen LogP contribution in [0.3, 0.4) is 0 Å². The zero-order valence-electron chi connectivity index (χ0n) is 17.8. The monoisotopic (exact) mass is 494 g/mol. The number of nitro benzene ring substituents is 1. The third kappa shape index (κ3) is 6.06. The zero-order chi connectivity index (χ0) is 24.2. The van der Waals surface area contributed by atoms with Crippen LogP contribution in [0, 0.1) is 23.0 Å². The van der Waals surface area contributed by atoms with Gasteiger partial charge in [0, 0.05) is 41.9 Å². The Hall–Kier alpha value is -3.02. The molecule has 0 aliphatic carbocycles. The minimum atomic E-state index is -3.94. The molecule has 0 bridgehead atoms. The highest BCUT2D eigenvalue weighted by Crippen LogP contribution is 2.28. The Morgan fingerprint density at radius 1 is 1.15 bits per heavy atom. The minimum absolute atomic E-state index is 0.0967. The average Bonchev–Trinajstić information content (AvgIpc) is 2.79. The number of halogens is 1. The number of aryl methyl sites for hydroxylation is 1. The van der Waals surface area contributed by atoms with Crippen molar-refractivity contribution < 1.29 is 22.9 Å². The first-order valence-corrected chi connectivity index (χ1v) is 12.0. The predicted octanol–water partition coefficient (Wildman–Crippen LogP) is 2.71. The molecule has 176 valence electrons. The average molecular weight is 495 g/mol. The number of hydrogen-bond acceptors (Lipinski definition) is 6. The summed E-state index contributed by atoms with van der Waals surface area (Å²) in [5, 5.41) is 16.8. The van der Waals surface area contributed by atoms with Crippen molar-refractivity contribution >= 4 is 44.8 Å². The maximum absolute atomic E-state index is 13.0. The molecule has 2 aromatic rings. The molecule has 0 aromatic heterocycles. The lowest BCUT2D eigenvalue weighted by Crippen LogP contribution is -2.44. The van der Waals surface area contributed by atoms with E-state index in [2.05, 4.69) is 10.6 Å². The molecular formula is C21H23ClN4O6S. The lowest BCUT2D eigenvalue weighted by atomic mass is 9.97. The molecule has 0 saturated carbocycles. The fourth-order valence-electron chi connectivity index (χ4n) is 3.53. The number of carbonyl (C=O) groups is 2. The normalized spacial score (nSPS) is 15.1. The Labute approximate surface area is 196 Å². The van der Waals surface area contributed by atoms with Crippen LogP contribution in [0.25, 0.3) is 0 Å². The standard InChI is InChI=1S/C21H23ClN4O6S/c1-14-2-7-18(26(29)30)12-19(14)33(31,32)25-10-8-15(9-11-25)21(28)23-13-20(27)24-17-5-3-16(22)4-6-17/h2-7,12,15H,8-11,13H2,1H3,(H,23,28)(H,24,27). The van der Waals surface area contributed by atoms with Crippen LogP contribution in [0.1, 0.15) is 18.4 Å². The van der Waals surface area contributed by atoms with E-state index in [4.69, 9.17) is 11.6 Å². The van der Waals surface area contributed by atoms with Crippen LogP contribution >= 0.6 is 11.6 Å². The summed E-state index contributed by atoms with van der Waals surface area (Å²) in [7, 11) is -3.94. The van der Waals surface area contributed by atoms with Crippen LogP contribution in [0.2, 0.25) is 5.02 Å². The summed E-state index contributed by atoms with van der Waals surface area (Å²) in [5.41, 5.74) is 0.658. The third-order valence-corrected chi connectivity index (χ3v) is 7.67. The summed E-state index contributed by atoms with van der Waals surface area (Å²) in [6, 6.07) is 10.3. The van der Waals surface area contributed by atoms with Crippen molar-refractivity contribution in [3.63, 3.8) is 0 Å². The van der Waals surface area contributed by atoms with Gasteiger partial charge in [0.05, 0.1) is 16.4 Å². The summed E-state index contributed by atoms with van der Waals surface area (Å²) in [6.45, 7) is 1.55. The van der Waals surface area contributed by atoms with Crippen LogP contribution in [-0.2, 0) is 19.6 Å². The number of sulfonamides is 1. The van der Waals surface area contributed by atoms with Gasteiger partial charge >= 0.3 is 0 Å². The predicted molar refractivity (Wildman–Crippen MR) is 122 cm³/mol. The topological polar surface area (TPSA) is 139 Å². The summed E-state index contributed by atoms with van der Waals surface area (Å²) in [4.78, 5) is 34.8. The maximum atomic E-state index is 13.0. The van der Waals surface area contributed by atoms with E-state index in [1.54, 1.807) is 31.2 Å². The van der Waals surface area contributed by atoms with Crippen molar-refractivity contribution in [3.05, 3.63) is 63.2 Å². The number of nitrogens with zero attached hydrogens (tertiary/aromatic N) is 2. The van der Waals surface area contributed by atoms with Crippen LogP contribution < -0.4 is 10.6 Å². The molecule has 3 rings (SSSR count). The smallest absolute Gasteiger partial charge is 0.270 e. The summed E-state index contributed by atoms with van der Waals surface area (Å²) < 4.78 is 27.3. The fourth-order valence-corrected chi connectivity index (χ4v) is 5.37. The number of anilines is 1. The van der Waals surface area contributed by atoms with Crippen molar-refractivity contribution in [2.75, 3.05) is 25.0 Å². The van der Waals surface area contributed by atoms with Gasteiger partial charge in [-0.25, -0.2) is 8.42 Å². The number of nitrogens with one attached hydrogen (secondary N) is 2. The second-order valence-electron chi connectivity index (χ2n) is 7.66. The Balaban J connectivity index is 1.54. The van der Waals surface area contributed by atoms with Gasteiger partial charge in [-0.1, -0.05) is 17.7 Å². The molecule has 0 radical (unpaired) electrons. The van der Waals surface area contributed by atoms with Crippen molar-refractivity contribution in [1.29, 1.82) is 0 Å². The summed E-state index contributed by atoms with van der Waals surface area (Å²) in [6.07, 6.45) is 0.551. The van der Waals surface area contributed by atoms with E-state index < -0.39 is 26.8 Å². The molecule has 1 fully saturated rings. The van der Waals surface area contributed by atoms with Crippen molar-refractivity contribution in [1.82, 2.24) is 9.62 Å². The Morgan fingerprint density at radius 2 is 1.79 bits per heavy atom. The van der Waals surface area contributed by atoms with Crippen LogP contribution in [0.4, 0.5) is 11.4 Å². The molecular weight excluding hydrogens is 472 g/mol. The number of piperidine rings is 1. The highest BCUT2D eigenvalue weighted by Gasteiger charge is 2.33. The Bertz CT molecular complexity index is 1160. The second-order valence-corrected chi connectivity index (χ2v) is 10.0. The van der Waals surface area contributed by atoms with Gasteiger partial charge < -0.3 is 10.6 Å². The van der Waals surface area contributed by atoms with E-state index in [1.807, 2.05) is 0 Å². The first-order chi connectivity index (χ1) is 15.6.